The molecule has 0 unspecified atom stereocenters. The molecule has 0 aliphatic carbocycles. The summed E-state index contributed by atoms with van der Waals surface area (Å²) in [5.41, 5.74) is 0.554. The topological polar surface area (TPSA) is 78.5 Å². The van der Waals surface area contributed by atoms with E-state index in [2.05, 4.69) is 14.9 Å². The Bertz CT molecular complexity index is 568. The normalized spacial score (nSPS) is 23.5. The zero-order chi connectivity index (χ0) is 15.4. The first-order chi connectivity index (χ1) is 10.7. The number of carbonyl (C=O) groups is 1. The van der Waals surface area contributed by atoms with Crippen LogP contribution in [0.5, 0.6) is 0 Å². The van der Waals surface area contributed by atoms with Crippen LogP contribution in [0.1, 0.15) is 24.5 Å². The van der Waals surface area contributed by atoms with Gasteiger partial charge in [-0.05, 0) is 18.9 Å². The summed E-state index contributed by atoms with van der Waals surface area (Å²) in [7, 11) is 0. The van der Waals surface area contributed by atoms with Crippen LogP contribution in [-0.4, -0.2) is 71.6 Å². The summed E-state index contributed by atoms with van der Waals surface area (Å²) >= 11 is 0. The lowest BCUT2D eigenvalue weighted by Gasteiger charge is -2.35. The molecule has 0 spiro atoms. The largest absolute Gasteiger partial charge is 0.379 e. The number of ether oxygens (including phenoxy) is 1. The number of carbonyl (C=O) groups excluding carboxylic acids is 1. The molecule has 1 aromatic heterocycles. The predicted octanol–water partition coefficient (Wildman–Crippen LogP) is -0.192. The van der Waals surface area contributed by atoms with Gasteiger partial charge in [-0.2, -0.15) is 0 Å². The van der Waals surface area contributed by atoms with Gasteiger partial charge in [0.05, 0.1) is 19.8 Å². The Hall–Kier alpha value is -1.73. The number of H-pyrrole nitrogens is 1. The lowest BCUT2D eigenvalue weighted by molar-refractivity contribution is -0.134. The van der Waals surface area contributed by atoms with Crippen molar-refractivity contribution in [2.45, 2.75) is 18.8 Å². The SMILES string of the molecule is O=C(CN1CCOCC1)N1CCC[C@@H](c2ccnc(=O)[nH]2)C1. The lowest BCUT2D eigenvalue weighted by Crippen LogP contribution is -2.47. The summed E-state index contributed by atoms with van der Waals surface area (Å²) in [6.45, 7) is 4.98. The van der Waals surface area contributed by atoms with Crippen LogP contribution in [0.15, 0.2) is 17.1 Å². The van der Waals surface area contributed by atoms with Crippen molar-refractivity contribution in [1.29, 1.82) is 0 Å². The van der Waals surface area contributed by atoms with Crippen LogP contribution in [0.3, 0.4) is 0 Å². The molecule has 2 aliphatic heterocycles. The maximum atomic E-state index is 12.5. The summed E-state index contributed by atoms with van der Waals surface area (Å²) < 4.78 is 5.31. The van der Waals surface area contributed by atoms with Gasteiger partial charge in [-0.3, -0.25) is 9.69 Å². The van der Waals surface area contributed by atoms with E-state index in [-0.39, 0.29) is 17.5 Å². The minimum absolute atomic E-state index is 0.169. The van der Waals surface area contributed by atoms with Crippen LogP contribution in [0.25, 0.3) is 0 Å². The quantitative estimate of drug-likeness (QED) is 0.837. The molecule has 7 nitrogen and oxygen atoms in total. The molecule has 0 bridgehead atoms. The van der Waals surface area contributed by atoms with Crippen molar-refractivity contribution in [3.05, 3.63) is 28.4 Å². The maximum absolute atomic E-state index is 12.5. The minimum atomic E-state index is -0.325. The fraction of sp³-hybridized carbons (Fsp3) is 0.667. The standard InChI is InChI=1S/C15H22N4O3/c20-14(11-18-6-8-22-9-7-18)19-5-1-2-12(10-19)13-3-4-16-15(21)17-13/h3-4,12H,1-2,5-11H2,(H,16,17,21)/t12-/m1/s1. The van der Waals surface area contributed by atoms with Crippen molar-refractivity contribution >= 4 is 5.91 Å². The summed E-state index contributed by atoms with van der Waals surface area (Å²) in [5, 5.41) is 0. The second kappa shape index (κ2) is 7.02. The van der Waals surface area contributed by atoms with E-state index in [0.717, 1.165) is 38.2 Å². The number of likely N-dealkylation sites (tertiary alicyclic amines) is 1. The van der Waals surface area contributed by atoms with Gasteiger partial charge in [-0.25, -0.2) is 9.78 Å². The number of hydrogen-bond acceptors (Lipinski definition) is 5. The second-order valence-corrected chi connectivity index (χ2v) is 5.90. The number of nitrogens with zero attached hydrogens (tertiary/aromatic N) is 3. The molecule has 1 N–H and O–H groups in total. The Labute approximate surface area is 129 Å². The van der Waals surface area contributed by atoms with Gasteiger partial charge >= 0.3 is 5.69 Å². The highest BCUT2D eigenvalue weighted by molar-refractivity contribution is 5.78. The highest BCUT2D eigenvalue weighted by Crippen LogP contribution is 2.24. The summed E-state index contributed by atoms with van der Waals surface area (Å²) in [6, 6.07) is 1.84. The van der Waals surface area contributed by atoms with Crippen LogP contribution in [-0.2, 0) is 9.53 Å². The van der Waals surface area contributed by atoms with Gasteiger partial charge in [0.2, 0.25) is 5.91 Å². The summed E-state index contributed by atoms with van der Waals surface area (Å²) in [6.07, 6.45) is 3.48. The highest BCUT2D eigenvalue weighted by atomic mass is 16.5. The number of nitrogens with one attached hydrogen (secondary N) is 1. The molecule has 22 heavy (non-hydrogen) atoms. The molecule has 7 heteroatoms. The second-order valence-electron chi connectivity index (χ2n) is 5.90. The van der Waals surface area contributed by atoms with E-state index in [0.29, 0.717) is 26.3 Å². The van der Waals surface area contributed by atoms with E-state index < -0.39 is 0 Å². The Morgan fingerprint density at radius 3 is 2.95 bits per heavy atom. The first-order valence-corrected chi connectivity index (χ1v) is 7.85. The Morgan fingerprint density at radius 2 is 2.18 bits per heavy atom. The minimum Gasteiger partial charge on any atom is -0.379 e. The Balaban J connectivity index is 1.60. The van der Waals surface area contributed by atoms with E-state index in [1.165, 1.54) is 6.20 Å². The molecule has 2 saturated heterocycles. The van der Waals surface area contributed by atoms with Crippen LogP contribution in [0.2, 0.25) is 0 Å². The lowest BCUT2D eigenvalue weighted by atomic mass is 9.94. The van der Waals surface area contributed by atoms with E-state index in [1.807, 2.05) is 11.0 Å². The molecular formula is C15H22N4O3. The zero-order valence-electron chi connectivity index (χ0n) is 12.7. The predicted molar refractivity (Wildman–Crippen MR) is 80.7 cm³/mol. The fourth-order valence-electron chi connectivity index (χ4n) is 3.13. The average molecular weight is 306 g/mol. The molecular weight excluding hydrogens is 284 g/mol. The van der Waals surface area contributed by atoms with Gasteiger partial charge in [-0.1, -0.05) is 0 Å². The van der Waals surface area contributed by atoms with Gasteiger partial charge in [0.15, 0.2) is 0 Å². The third-order valence-electron chi connectivity index (χ3n) is 4.37. The van der Waals surface area contributed by atoms with Gasteiger partial charge in [0.25, 0.3) is 0 Å². The number of piperidine rings is 1. The van der Waals surface area contributed by atoms with Gasteiger partial charge in [0.1, 0.15) is 0 Å². The molecule has 0 aromatic carbocycles. The first kappa shape index (κ1) is 15.2. The molecule has 3 rings (SSSR count). The maximum Gasteiger partial charge on any atom is 0.345 e. The molecule has 3 heterocycles. The van der Waals surface area contributed by atoms with E-state index in [9.17, 15) is 9.59 Å². The number of aromatic amines is 1. The Morgan fingerprint density at radius 1 is 1.36 bits per heavy atom. The van der Waals surface area contributed by atoms with Crippen LogP contribution >= 0.6 is 0 Å². The molecule has 0 saturated carbocycles. The van der Waals surface area contributed by atoms with Crippen molar-refractivity contribution in [3.63, 3.8) is 0 Å². The average Bonchev–Trinajstić information content (AvgIpc) is 2.56. The number of aromatic nitrogens is 2. The van der Waals surface area contributed by atoms with E-state index in [4.69, 9.17) is 4.74 Å². The van der Waals surface area contributed by atoms with Gasteiger partial charge < -0.3 is 14.6 Å². The Kier molecular flexibility index (Phi) is 4.84. The van der Waals surface area contributed by atoms with E-state index in [1.54, 1.807) is 0 Å². The molecule has 1 amide bonds. The molecule has 1 atom stereocenters. The molecule has 2 aliphatic rings. The number of amides is 1. The molecule has 0 radical (unpaired) electrons. The van der Waals surface area contributed by atoms with Crippen LogP contribution < -0.4 is 5.69 Å². The summed E-state index contributed by atoms with van der Waals surface area (Å²) in [4.78, 5) is 34.3. The number of rotatable bonds is 3. The van der Waals surface area contributed by atoms with Crippen molar-refractivity contribution in [3.8, 4) is 0 Å². The molecule has 1 aromatic rings. The molecule has 120 valence electrons. The van der Waals surface area contributed by atoms with Crippen LogP contribution in [0, 0.1) is 0 Å². The smallest absolute Gasteiger partial charge is 0.345 e. The monoisotopic (exact) mass is 306 g/mol. The zero-order valence-corrected chi connectivity index (χ0v) is 12.7. The fourth-order valence-corrected chi connectivity index (χ4v) is 3.13. The van der Waals surface area contributed by atoms with E-state index >= 15 is 0 Å². The van der Waals surface area contributed by atoms with Crippen molar-refractivity contribution in [1.82, 2.24) is 19.8 Å². The van der Waals surface area contributed by atoms with Crippen molar-refractivity contribution in [2.75, 3.05) is 45.9 Å². The van der Waals surface area contributed by atoms with Gasteiger partial charge in [0, 0.05) is 44.0 Å². The van der Waals surface area contributed by atoms with Crippen LogP contribution in [0.4, 0.5) is 0 Å². The van der Waals surface area contributed by atoms with Crippen molar-refractivity contribution < 1.29 is 9.53 Å². The highest BCUT2D eigenvalue weighted by Gasteiger charge is 2.26. The summed E-state index contributed by atoms with van der Waals surface area (Å²) in [5.74, 6) is 0.362. The number of hydrogen-bond donors (Lipinski definition) is 1. The van der Waals surface area contributed by atoms with Gasteiger partial charge in [-0.15, -0.1) is 0 Å². The first-order valence-electron chi connectivity index (χ1n) is 7.85. The third kappa shape index (κ3) is 3.72. The third-order valence-corrected chi connectivity index (χ3v) is 4.37. The molecule has 2 fully saturated rings. The van der Waals surface area contributed by atoms with Crippen molar-refractivity contribution in [2.24, 2.45) is 0 Å². The number of morpholine rings is 1.